The number of anilines is 1. The monoisotopic (exact) mass is 231 g/mol. The van der Waals surface area contributed by atoms with Crippen LogP contribution in [0.25, 0.3) is 11.1 Å². The smallest absolute Gasteiger partial charge is 0.312 e. The van der Waals surface area contributed by atoms with E-state index in [0.29, 0.717) is 5.69 Å². The normalized spacial score (nSPS) is 9.81. The van der Waals surface area contributed by atoms with E-state index >= 15 is 0 Å². The lowest BCUT2D eigenvalue weighted by atomic mass is 10.1. The van der Waals surface area contributed by atoms with Gasteiger partial charge in [0.2, 0.25) is 0 Å². The topological polar surface area (TPSA) is 29.1 Å². The lowest BCUT2D eigenvalue weighted by Crippen LogP contribution is -2.00. The van der Waals surface area contributed by atoms with E-state index in [-0.39, 0.29) is 0 Å². The maximum Gasteiger partial charge on any atom is 0.318 e. The molecule has 1 N–H and O–H groups in total. The van der Waals surface area contributed by atoms with Crippen molar-refractivity contribution in [3.63, 3.8) is 0 Å². The molecular weight excluding hydrogens is 222 g/mol. The Morgan fingerprint density at radius 2 is 1.44 bits per heavy atom. The molecule has 0 heterocycles. The van der Waals surface area contributed by atoms with Gasteiger partial charge in [0.15, 0.2) is 0 Å². The molecule has 0 bridgehead atoms. The van der Waals surface area contributed by atoms with Gasteiger partial charge < -0.3 is 5.32 Å². The lowest BCUT2D eigenvalue weighted by molar-refractivity contribution is 0.269. The molecule has 0 aliphatic rings. The molecule has 1 amide bonds. The van der Waals surface area contributed by atoms with Crippen molar-refractivity contribution in [2.45, 2.75) is 0 Å². The molecule has 0 fully saturated rings. The van der Waals surface area contributed by atoms with Gasteiger partial charge in [-0.2, -0.15) is 0 Å². The molecule has 0 radical (unpaired) electrons. The first-order valence-corrected chi connectivity index (χ1v) is 5.25. The second-order valence-electron chi connectivity index (χ2n) is 3.34. The van der Waals surface area contributed by atoms with Crippen LogP contribution in [0.3, 0.4) is 0 Å². The van der Waals surface area contributed by atoms with E-state index in [2.05, 4.69) is 5.32 Å². The third-order valence-corrected chi connectivity index (χ3v) is 2.33. The molecule has 0 aromatic heterocycles. The summed E-state index contributed by atoms with van der Waals surface area (Å²) in [4.78, 5) is 10.6. The van der Waals surface area contributed by atoms with Crippen molar-refractivity contribution in [3.05, 3.63) is 54.6 Å². The predicted octanol–water partition coefficient (Wildman–Crippen LogP) is 4.12. The van der Waals surface area contributed by atoms with Crippen LogP contribution in [0.4, 0.5) is 10.5 Å². The quantitative estimate of drug-likeness (QED) is 0.611. The van der Waals surface area contributed by atoms with Crippen molar-refractivity contribution < 1.29 is 4.79 Å². The number of halogens is 1. The maximum atomic E-state index is 10.6. The van der Waals surface area contributed by atoms with Gasteiger partial charge in [-0.1, -0.05) is 42.5 Å². The Balaban J connectivity index is 2.23. The van der Waals surface area contributed by atoms with Crippen LogP contribution < -0.4 is 5.32 Å². The Kier molecular flexibility index (Phi) is 3.22. The highest BCUT2D eigenvalue weighted by Gasteiger charge is 1.98. The Bertz CT molecular complexity index is 479. The summed E-state index contributed by atoms with van der Waals surface area (Å²) in [5.74, 6) is 0. The van der Waals surface area contributed by atoms with Gasteiger partial charge in [0.05, 0.1) is 0 Å². The van der Waals surface area contributed by atoms with Crippen LogP contribution in [0, 0.1) is 0 Å². The molecule has 16 heavy (non-hydrogen) atoms. The molecular formula is C13H10ClNO. The molecule has 0 atom stereocenters. The van der Waals surface area contributed by atoms with Crippen LogP contribution in [0.2, 0.25) is 0 Å². The van der Waals surface area contributed by atoms with Gasteiger partial charge in [-0.15, -0.1) is 0 Å². The molecule has 0 spiro atoms. The summed E-state index contributed by atoms with van der Waals surface area (Å²) in [6.07, 6.45) is 0. The van der Waals surface area contributed by atoms with Crippen molar-refractivity contribution >= 4 is 22.7 Å². The molecule has 2 aromatic rings. The maximum absolute atomic E-state index is 10.6. The summed E-state index contributed by atoms with van der Waals surface area (Å²) in [7, 11) is 0. The minimum absolute atomic E-state index is 0.576. The number of carbonyl (C=O) groups is 1. The molecule has 2 rings (SSSR count). The minimum Gasteiger partial charge on any atom is -0.312 e. The summed E-state index contributed by atoms with van der Waals surface area (Å²) >= 11 is 5.22. The first-order valence-electron chi connectivity index (χ1n) is 4.88. The van der Waals surface area contributed by atoms with Crippen molar-refractivity contribution in [1.29, 1.82) is 0 Å². The van der Waals surface area contributed by atoms with E-state index in [1.165, 1.54) is 0 Å². The Labute approximate surface area is 98.9 Å². The summed E-state index contributed by atoms with van der Waals surface area (Å²) in [6.45, 7) is 0. The molecule has 0 unspecified atom stereocenters. The summed E-state index contributed by atoms with van der Waals surface area (Å²) < 4.78 is 0. The first-order chi connectivity index (χ1) is 7.75. The number of amides is 1. The van der Waals surface area contributed by atoms with Crippen LogP contribution in [0.15, 0.2) is 54.6 Å². The Morgan fingerprint density at radius 1 is 0.875 bits per heavy atom. The van der Waals surface area contributed by atoms with Gasteiger partial charge >= 0.3 is 5.37 Å². The van der Waals surface area contributed by atoms with Gasteiger partial charge in [0.1, 0.15) is 0 Å². The SMILES string of the molecule is O=C(Cl)Nc1ccc(-c2ccccc2)cc1. The zero-order valence-corrected chi connectivity index (χ0v) is 9.24. The van der Waals surface area contributed by atoms with Crippen LogP contribution in [0.5, 0.6) is 0 Å². The van der Waals surface area contributed by atoms with Crippen LogP contribution in [0.1, 0.15) is 0 Å². The molecule has 2 nitrogen and oxygen atoms in total. The van der Waals surface area contributed by atoms with Crippen molar-refractivity contribution in [3.8, 4) is 11.1 Å². The van der Waals surface area contributed by atoms with Gasteiger partial charge in [-0.25, -0.2) is 0 Å². The van der Waals surface area contributed by atoms with Crippen molar-refractivity contribution in [1.82, 2.24) is 0 Å². The fourth-order valence-electron chi connectivity index (χ4n) is 1.49. The highest BCUT2D eigenvalue weighted by Crippen LogP contribution is 2.20. The third kappa shape index (κ3) is 2.61. The molecule has 80 valence electrons. The summed E-state index contributed by atoms with van der Waals surface area (Å²) in [5.41, 5.74) is 2.94. The molecule has 0 aliphatic heterocycles. The number of benzene rings is 2. The van der Waals surface area contributed by atoms with Crippen molar-refractivity contribution in [2.24, 2.45) is 0 Å². The first kappa shape index (κ1) is 10.7. The fraction of sp³-hybridized carbons (Fsp3) is 0. The van der Waals surface area contributed by atoms with Crippen LogP contribution >= 0.6 is 11.6 Å². The lowest BCUT2D eigenvalue weighted by Gasteiger charge is -2.03. The largest absolute Gasteiger partial charge is 0.318 e. The summed E-state index contributed by atoms with van der Waals surface area (Å²) in [5, 5.41) is 1.93. The van der Waals surface area contributed by atoms with Crippen LogP contribution in [-0.2, 0) is 0 Å². The number of hydrogen-bond acceptors (Lipinski definition) is 1. The van der Waals surface area contributed by atoms with Crippen LogP contribution in [-0.4, -0.2) is 5.37 Å². The number of nitrogens with one attached hydrogen (secondary N) is 1. The molecule has 3 heteroatoms. The predicted molar refractivity (Wildman–Crippen MR) is 66.7 cm³/mol. The average Bonchev–Trinajstić information content (AvgIpc) is 2.30. The minimum atomic E-state index is -0.576. The number of rotatable bonds is 2. The van der Waals surface area contributed by atoms with Gasteiger partial charge in [-0.05, 0) is 34.9 Å². The number of hydrogen-bond donors (Lipinski definition) is 1. The second-order valence-corrected chi connectivity index (χ2v) is 3.69. The van der Waals surface area contributed by atoms with E-state index in [1.54, 1.807) is 0 Å². The summed E-state index contributed by atoms with van der Waals surface area (Å²) in [6, 6.07) is 17.6. The number of carbonyl (C=O) groups excluding carboxylic acids is 1. The Morgan fingerprint density at radius 3 is 2.00 bits per heavy atom. The third-order valence-electron chi connectivity index (χ3n) is 2.23. The highest BCUT2D eigenvalue weighted by atomic mass is 35.5. The van der Waals surface area contributed by atoms with E-state index in [4.69, 9.17) is 11.6 Å². The van der Waals surface area contributed by atoms with E-state index in [0.717, 1.165) is 11.1 Å². The second kappa shape index (κ2) is 4.81. The van der Waals surface area contributed by atoms with E-state index < -0.39 is 5.37 Å². The van der Waals surface area contributed by atoms with E-state index in [1.807, 2.05) is 54.6 Å². The highest BCUT2D eigenvalue weighted by molar-refractivity contribution is 6.65. The molecule has 0 saturated heterocycles. The molecule has 2 aromatic carbocycles. The Hall–Kier alpha value is -1.80. The van der Waals surface area contributed by atoms with Gasteiger partial charge in [0.25, 0.3) is 0 Å². The zero-order chi connectivity index (χ0) is 11.4. The van der Waals surface area contributed by atoms with Crippen molar-refractivity contribution in [2.75, 3.05) is 5.32 Å². The van der Waals surface area contributed by atoms with Gasteiger partial charge in [-0.3, -0.25) is 4.79 Å². The molecule has 0 saturated carbocycles. The average molecular weight is 232 g/mol. The van der Waals surface area contributed by atoms with Gasteiger partial charge in [0, 0.05) is 5.69 Å². The molecule has 0 aliphatic carbocycles. The standard InChI is InChI=1S/C13H10ClNO/c14-13(16)15-12-8-6-11(7-9-12)10-4-2-1-3-5-10/h1-9H,(H,15,16). The fourth-order valence-corrected chi connectivity index (χ4v) is 1.60. The van der Waals surface area contributed by atoms with E-state index in [9.17, 15) is 4.79 Å². The zero-order valence-electron chi connectivity index (χ0n) is 8.48.